The van der Waals surface area contributed by atoms with E-state index in [4.69, 9.17) is 10.1 Å². The number of hydrogen-bond donors (Lipinski definition) is 2. The normalized spacial score (nSPS) is 13.2. The first-order valence-electron chi connectivity index (χ1n) is 8.67. The van der Waals surface area contributed by atoms with Crippen molar-refractivity contribution in [2.24, 2.45) is 0 Å². The molecule has 2 heterocycles. The Hall–Kier alpha value is -2.39. The van der Waals surface area contributed by atoms with Gasteiger partial charge in [0.1, 0.15) is 0 Å². The highest BCUT2D eigenvalue weighted by atomic mass is 16.2. The lowest BCUT2D eigenvalue weighted by molar-refractivity contribution is 0.299. The molecule has 0 atom stereocenters. The number of fused-ring (bicyclic) bond motifs is 1. The number of nitrogens with zero attached hydrogens (tertiary/aromatic N) is 1. The zero-order valence-electron chi connectivity index (χ0n) is 13.8. The second-order valence-electron chi connectivity index (χ2n) is 6.50. The standard InChI is InChI=1S/C21H22N2O/c24-12-10-15-6-8-16(9-7-15)13-17-14-21(20-5-2-11-22-20)23-19-4-1-3-18(17)19/h2,5-9,11,14,22,24H,1,3-4,10,12-13H2. The molecular formula is C21H22N2O. The van der Waals surface area contributed by atoms with Crippen LogP contribution < -0.4 is 0 Å². The number of pyridine rings is 1. The van der Waals surface area contributed by atoms with Gasteiger partial charge in [0, 0.05) is 18.5 Å². The van der Waals surface area contributed by atoms with Gasteiger partial charge in [-0.3, -0.25) is 4.98 Å². The summed E-state index contributed by atoms with van der Waals surface area (Å²) < 4.78 is 0. The second-order valence-corrected chi connectivity index (χ2v) is 6.50. The van der Waals surface area contributed by atoms with Gasteiger partial charge >= 0.3 is 0 Å². The summed E-state index contributed by atoms with van der Waals surface area (Å²) >= 11 is 0. The van der Waals surface area contributed by atoms with Crippen molar-refractivity contribution in [1.29, 1.82) is 0 Å². The molecule has 0 unspecified atom stereocenters. The largest absolute Gasteiger partial charge is 0.396 e. The van der Waals surface area contributed by atoms with E-state index in [0.717, 1.165) is 37.1 Å². The quantitative estimate of drug-likeness (QED) is 0.754. The van der Waals surface area contributed by atoms with E-state index < -0.39 is 0 Å². The third kappa shape index (κ3) is 3.00. The van der Waals surface area contributed by atoms with E-state index in [1.807, 2.05) is 12.3 Å². The van der Waals surface area contributed by atoms with Crippen LogP contribution in [0.15, 0.2) is 48.7 Å². The Balaban J connectivity index is 1.67. The van der Waals surface area contributed by atoms with Gasteiger partial charge in [0.2, 0.25) is 0 Å². The van der Waals surface area contributed by atoms with Gasteiger partial charge in [-0.15, -0.1) is 0 Å². The number of aliphatic hydroxyl groups is 1. The molecule has 0 bridgehead atoms. The minimum Gasteiger partial charge on any atom is -0.396 e. The van der Waals surface area contributed by atoms with E-state index in [0.29, 0.717) is 0 Å². The predicted molar refractivity (Wildman–Crippen MR) is 96.1 cm³/mol. The van der Waals surface area contributed by atoms with Gasteiger partial charge in [-0.25, -0.2) is 0 Å². The fourth-order valence-corrected chi connectivity index (χ4v) is 3.59. The maximum absolute atomic E-state index is 9.04. The molecule has 1 aromatic carbocycles. The monoisotopic (exact) mass is 318 g/mol. The summed E-state index contributed by atoms with van der Waals surface area (Å²) in [6.07, 6.45) is 7.06. The number of aliphatic hydroxyl groups excluding tert-OH is 1. The summed E-state index contributed by atoms with van der Waals surface area (Å²) in [6.45, 7) is 0.205. The summed E-state index contributed by atoms with van der Waals surface area (Å²) in [5, 5.41) is 9.04. The Bertz CT molecular complexity index is 820. The molecule has 3 nitrogen and oxygen atoms in total. The van der Waals surface area contributed by atoms with Crippen LogP contribution in [-0.4, -0.2) is 21.7 Å². The van der Waals surface area contributed by atoms with Crippen molar-refractivity contribution in [2.75, 3.05) is 6.61 Å². The molecule has 0 amide bonds. The molecule has 2 aromatic heterocycles. The molecule has 3 heteroatoms. The van der Waals surface area contributed by atoms with Crippen LogP contribution in [0.25, 0.3) is 11.4 Å². The minimum absolute atomic E-state index is 0.205. The Morgan fingerprint density at radius 2 is 1.88 bits per heavy atom. The van der Waals surface area contributed by atoms with Gasteiger partial charge in [-0.1, -0.05) is 24.3 Å². The lowest BCUT2D eigenvalue weighted by Gasteiger charge is -2.11. The van der Waals surface area contributed by atoms with Crippen molar-refractivity contribution in [1.82, 2.24) is 9.97 Å². The molecule has 24 heavy (non-hydrogen) atoms. The van der Waals surface area contributed by atoms with Crippen LogP contribution in [0.2, 0.25) is 0 Å². The van der Waals surface area contributed by atoms with Crippen LogP contribution in [-0.2, 0) is 25.7 Å². The van der Waals surface area contributed by atoms with Crippen LogP contribution >= 0.6 is 0 Å². The first-order valence-corrected chi connectivity index (χ1v) is 8.67. The molecule has 4 rings (SSSR count). The fourth-order valence-electron chi connectivity index (χ4n) is 3.59. The molecule has 0 radical (unpaired) electrons. The summed E-state index contributed by atoms with van der Waals surface area (Å²) in [5.74, 6) is 0. The van der Waals surface area contributed by atoms with E-state index in [1.54, 1.807) is 0 Å². The van der Waals surface area contributed by atoms with E-state index >= 15 is 0 Å². The molecule has 122 valence electrons. The zero-order valence-corrected chi connectivity index (χ0v) is 13.8. The van der Waals surface area contributed by atoms with Gasteiger partial charge in [0.05, 0.1) is 11.4 Å². The van der Waals surface area contributed by atoms with Gasteiger partial charge < -0.3 is 10.1 Å². The lowest BCUT2D eigenvalue weighted by Crippen LogP contribution is -2.00. The minimum atomic E-state index is 0.205. The molecule has 2 N–H and O–H groups in total. The summed E-state index contributed by atoms with van der Waals surface area (Å²) in [5.41, 5.74) is 8.76. The van der Waals surface area contributed by atoms with Crippen molar-refractivity contribution in [3.05, 3.63) is 76.6 Å². The van der Waals surface area contributed by atoms with Crippen LogP contribution in [0.4, 0.5) is 0 Å². The molecule has 0 fully saturated rings. The van der Waals surface area contributed by atoms with Gasteiger partial charge in [-0.2, -0.15) is 0 Å². The number of benzene rings is 1. The van der Waals surface area contributed by atoms with Gasteiger partial charge in [0.25, 0.3) is 0 Å². The maximum atomic E-state index is 9.04. The van der Waals surface area contributed by atoms with Crippen LogP contribution in [0.3, 0.4) is 0 Å². The predicted octanol–water partition coefficient (Wildman–Crippen LogP) is 3.69. The number of rotatable bonds is 5. The Labute approximate surface area is 142 Å². The van der Waals surface area contributed by atoms with Crippen molar-refractivity contribution in [2.45, 2.75) is 32.1 Å². The average Bonchev–Trinajstić information content (AvgIpc) is 3.28. The first kappa shape index (κ1) is 15.2. The third-order valence-electron chi connectivity index (χ3n) is 4.83. The number of hydrogen-bond acceptors (Lipinski definition) is 2. The molecule has 1 aliphatic rings. The van der Waals surface area contributed by atoms with Crippen molar-refractivity contribution in [3.63, 3.8) is 0 Å². The Kier molecular flexibility index (Phi) is 4.18. The summed E-state index contributed by atoms with van der Waals surface area (Å²) in [7, 11) is 0. The average molecular weight is 318 g/mol. The lowest BCUT2D eigenvalue weighted by atomic mass is 9.97. The zero-order chi connectivity index (χ0) is 16.4. The van der Waals surface area contributed by atoms with Gasteiger partial charge in [0.15, 0.2) is 0 Å². The van der Waals surface area contributed by atoms with E-state index in [9.17, 15) is 0 Å². The summed E-state index contributed by atoms with van der Waals surface area (Å²) in [6, 6.07) is 15.0. The van der Waals surface area contributed by atoms with Crippen molar-refractivity contribution >= 4 is 0 Å². The molecule has 0 aliphatic heterocycles. The number of aromatic amines is 1. The molecular weight excluding hydrogens is 296 g/mol. The van der Waals surface area contributed by atoms with E-state index in [-0.39, 0.29) is 6.61 Å². The SMILES string of the molecule is OCCc1ccc(Cc2cc(-c3ccc[nH]3)nc3c2CCC3)cc1. The number of nitrogens with one attached hydrogen (secondary N) is 1. The van der Waals surface area contributed by atoms with Crippen molar-refractivity contribution < 1.29 is 5.11 Å². The maximum Gasteiger partial charge on any atom is 0.0870 e. The second kappa shape index (κ2) is 6.62. The number of aryl methyl sites for hydroxylation is 1. The highest BCUT2D eigenvalue weighted by molar-refractivity contribution is 5.58. The molecule has 0 saturated carbocycles. The molecule has 0 saturated heterocycles. The van der Waals surface area contributed by atoms with Crippen molar-refractivity contribution in [3.8, 4) is 11.4 Å². The van der Waals surface area contributed by atoms with Crippen LogP contribution in [0.5, 0.6) is 0 Å². The van der Waals surface area contributed by atoms with Crippen LogP contribution in [0.1, 0.15) is 34.4 Å². The number of H-pyrrole nitrogens is 1. The van der Waals surface area contributed by atoms with Crippen LogP contribution in [0, 0.1) is 0 Å². The highest BCUT2D eigenvalue weighted by Crippen LogP contribution is 2.29. The number of aromatic nitrogens is 2. The van der Waals surface area contributed by atoms with E-state index in [1.165, 1.54) is 34.4 Å². The topological polar surface area (TPSA) is 48.9 Å². The summed E-state index contributed by atoms with van der Waals surface area (Å²) in [4.78, 5) is 8.15. The van der Waals surface area contributed by atoms with E-state index in [2.05, 4.69) is 41.4 Å². The van der Waals surface area contributed by atoms with Gasteiger partial charge in [-0.05, 0) is 72.6 Å². The smallest absolute Gasteiger partial charge is 0.0870 e. The molecule has 1 aliphatic carbocycles. The molecule has 3 aromatic rings. The highest BCUT2D eigenvalue weighted by Gasteiger charge is 2.18. The Morgan fingerprint density at radius 3 is 2.62 bits per heavy atom. The Morgan fingerprint density at radius 1 is 1.04 bits per heavy atom. The first-order chi connectivity index (χ1) is 11.8. The third-order valence-corrected chi connectivity index (χ3v) is 4.83. The molecule has 0 spiro atoms. The fraction of sp³-hybridized carbons (Fsp3) is 0.286.